The summed E-state index contributed by atoms with van der Waals surface area (Å²) in [6, 6.07) is 8.78. The van der Waals surface area contributed by atoms with Crippen molar-refractivity contribution in [3.8, 4) is 0 Å². The van der Waals surface area contributed by atoms with Crippen LogP contribution in [-0.4, -0.2) is 26.3 Å². The molecule has 2 rings (SSSR count). The van der Waals surface area contributed by atoms with Crippen LogP contribution in [0.4, 0.5) is 0 Å². The quantitative estimate of drug-likeness (QED) is 0.713. The molecular formula is C16H25NO. The largest absolute Gasteiger partial charge is 0.381 e. The van der Waals surface area contributed by atoms with Crippen LogP contribution in [0.1, 0.15) is 37.3 Å². The van der Waals surface area contributed by atoms with Gasteiger partial charge in [-0.25, -0.2) is 0 Å². The molecule has 18 heavy (non-hydrogen) atoms. The van der Waals surface area contributed by atoms with Crippen LogP contribution in [0.2, 0.25) is 0 Å². The smallest absolute Gasteiger partial charge is 0.0489 e. The van der Waals surface area contributed by atoms with Crippen molar-refractivity contribution in [2.45, 2.75) is 32.6 Å². The monoisotopic (exact) mass is 247 g/mol. The van der Waals surface area contributed by atoms with Crippen LogP contribution in [0.25, 0.3) is 0 Å². The molecule has 0 saturated heterocycles. The van der Waals surface area contributed by atoms with Gasteiger partial charge in [-0.1, -0.05) is 38.1 Å². The first-order valence-corrected chi connectivity index (χ1v) is 7.13. The molecule has 1 unspecified atom stereocenters. The molecule has 0 bridgehead atoms. The van der Waals surface area contributed by atoms with Gasteiger partial charge in [-0.15, -0.1) is 0 Å². The van der Waals surface area contributed by atoms with Crippen molar-refractivity contribution in [2.24, 2.45) is 5.92 Å². The first kappa shape index (κ1) is 13.6. The lowest BCUT2D eigenvalue weighted by atomic mass is 9.77. The lowest BCUT2D eigenvalue weighted by Gasteiger charge is -2.30. The molecule has 1 aliphatic rings. The van der Waals surface area contributed by atoms with Crippen LogP contribution in [-0.2, 0) is 11.2 Å². The van der Waals surface area contributed by atoms with Gasteiger partial charge in [0.05, 0.1) is 0 Å². The Balaban J connectivity index is 1.50. The second kappa shape index (κ2) is 6.91. The first-order chi connectivity index (χ1) is 8.77. The maximum absolute atomic E-state index is 5.56. The highest BCUT2D eigenvalue weighted by atomic mass is 16.5. The van der Waals surface area contributed by atoms with Gasteiger partial charge in [0.1, 0.15) is 0 Å². The van der Waals surface area contributed by atoms with Gasteiger partial charge in [-0.2, -0.15) is 0 Å². The number of hydrogen-bond donors (Lipinski definition) is 1. The van der Waals surface area contributed by atoms with Crippen molar-refractivity contribution in [2.75, 3.05) is 26.3 Å². The summed E-state index contributed by atoms with van der Waals surface area (Å²) in [6.07, 6.45) is 2.36. The zero-order valence-corrected chi connectivity index (χ0v) is 11.6. The van der Waals surface area contributed by atoms with E-state index in [1.165, 1.54) is 12.0 Å². The number of hydrogen-bond acceptors (Lipinski definition) is 2. The van der Waals surface area contributed by atoms with Crippen LogP contribution in [0.5, 0.6) is 0 Å². The van der Waals surface area contributed by atoms with E-state index < -0.39 is 0 Å². The summed E-state index contributed by atoms with van der Waals surface area (Å²) >= 11 is 0. The fourth-order valence-electron chi connectivity index (χ4n) is 2.44. The minimum Gasteiger partial charge on any atom is -0.381 e. The van der Waals surface area contributed by atoms with Crippen LogP contribution in [0, 0.1) is 5.92 Å². The molecular weight excluding hydrogens is 222 g/mol. The fraction of sp³-hybridized carbons (Fsp3) is 0.625. The Labute approximate surface area is 111 Å². The fourth-order valence-corrected chi connectivity index (χ4v) is 2.44. The number of fused-ring (bicyclic) bond motifs is 1. The molecule has 1 aromatic rings. The zero-order chi connectivity index (χ0) is 12.8. The van der Waals surface area contributed by atoms with Gasteiger partial charge in [0, 0.05) is 25.7 Å². The van der Waals surface area contributed by atoms with E-state index >= 15 is 0 Å². The van der Waals surface area contributed by atoms with E-state index in [1.54, 1.807) is 5.56 Å². The Bertz CT molecular complexity index is 362. The summed E-state index contributed by atoms with van der Waals surface area (Å²) < 4.78 is 5.56. The highest BCUT2D eigenvalue weighted by Gasteiger charge is 2.24. The Morgan fingerprint density at radius 2 is 2.17 bits per heavy atom. The SMILES string of the molecule is CC(C)COCCCNCC1Cc2ccccc21. The van der Waals surface area contributed by atoms with Gasteiger partial charge in [-0.3, -0.25) is 0 Å². The van der Waals surface area contributed by atoms with Gasteiger partial charge >= 0.3 is 0 Å². The Hall–Kier alpha value is -0.860. The molecule has 1 aliphatic carbocycles. The van der Waals surface area contributed by atoms with Gasteiger partial charge in [-0.05, 0) is 36.4 Å². The lowest BCUT2D eigenvalue weighted by Crippen LogP contribution is -2.30. The average molecular weight is 247 g/mol. The molecule has 2 heteroatoms. The molecule has 0 heterocycles. The van der Waals surface area contributed by atoms with Crippen molar-refractivity contribution in [1.29, 1.82) is 0 Å². The number of benzene rings is 1. The van der Waals surface area contributed by atoms with Gasteiger partial charge < -0.3 is 10.1 Å². The highest BCUT2D eigenvalue weighted by molar-refractivity contribution is 5.40. The van der Waals surface area contributed by atoms with E-state index in [2.05, 4.69) is 43.4 Å². The van der Waals surface area contributed by atoms with Crippen LogP contribution >= 0.6 is 0 Å². The predicted molar refractivity (Wildman–Crippen MR) is 76.0 cm³/mol. The van der Waals surface area contributed by atoms with Crippen molar-refractivity contribution in [3.63, 3.8) is 0 Å². The first-order valence-electron chi connectivity index (χ1n) is 7.13. The van der Waals surface area contributed by atoms with E-state index in [-0.39, 0.29) is 0 Å². The summed E-state index contributed by atoms with van der Waals surface area (Å²) in [7, 11) is 0. The van der Waals surface area contributed by atoms with E-state index in [9.17, 15) is 0 Å². The number of rotatable bonds is 8. The molecule has 0 saturated carbocycles. The molecule has 0 fully saturated rings. The molecule has 0 spiro atoms. The molecule has 0 amide bonds. The average Bonchev–Trinajstić information content (AvgIpc) is 2.32. The third-order valence-corrected chi connectivity index (χ3v) is 3.45. The third kappa shape index (κ3) is 3.82. The molecule has 0 radical (unpaired) electrons. The predicted octanol–water partition coefficient (Wildman–Crippen LogP) is 2.98. The molecule has 1 atom stereocenters. The van der Waals surface area contributed by atoms with E-state index in [0.717, 1.165) is 38.6 Å². The summed E-state index contributed by atoms with van der Waals surface area (Å²) in [4.78, 5) is 0. The third-order valence-electron chi connectivity index (χ3n) is 3.45. The normalized spacial score (nSPS) is 17.6. The van der Waals surface area contributed by atoms with E-state index in [1.807, 2.05) is 0 Å². The summed E-state index contributed by atoms with van der Waals surface area (Å²) in [6.45, 7) is 8.32. The number of nitrogens with one attached hydrogen (secondary N) is 1. The van der Waals surface area contributed by atoms with E-state index in [4.69, 9.17) is 4.74 Å². The Kier molecular flexibility index (Phi) is 5.21. The van der Waals surface area contributed by atoms with Crippen molar-refractivity contribution < 1.29 is 4.74 Å². The molecule has 1 N–H and O–H groups in total. The summed E-state index contributed by atoms with van der Waals surface area (Å²) in [5, 5.41) is 3.54. The van der Waals surface area contributed by atoms with Crippen LogP contribution in [0.15, 0.2) is 24.3 Å². The minimum atomic E-state index is 0.643. The second-order valence-electron chi connectivity index (χ2n) is 5.63. The van der Waals surface area contributed by atoms with Gasteiger partial charge in [0.15, 0.2) is 0 Å². The molecule has 2 nitrogen and oxygen atoms in total. The Morgan fingerprint density at radius 3 is 2.94 bits per heavy atom. The highest BCUT2D eigenvalue weighted by Crippen LogP contribution is 2.33. The summed E-state index contributed by atoms with van der Waals surface area (Å²) in [5.41, 5.74) is 3.07. The van der Waals surface area contributed by atoms with Crippen LogP contribution < -0.4 is 5.32 Å². The number of ether oxygens (including phenoxy) is 1. The standard InChI is InChI=1S/C16H25NO/c1-13(2)12-18-9-5-8-17-11-15-10-14-6-3-4-7-16(14)15/h3-4,6-7,13,15,17H,5,8-12H2,1-2H3. The maximum atomic E-state index is 5.56. The molecule has 0 aromatic heterocycles. The van der Waals surface area contributed by atoms with E-state index in [0.29, 0.717) is 5.92 Å². The minimum absolute atomic E-state index is 0.643. The van der Waals surface area contributed by atoms with Gasteiger partial charge in [0.25, 0.3) is 0 Å². The van der Waals surface area contributed by atoms with Crippen molar-refractivity contribution in [3.05, 3.63) is 35.4 Å². The van der Waals surface area contributed by atoms with Crippen molar-refractivity contribution in [1.82, 2.24) is 5.32 Å². The second-order valence-corrected chi connectivity index (χ2v) is 5.63. The van der Waals surface area contributed by atoms with Crippen molar-refractivity contribution >= 4 is 0 Å². The molecule has 0 aliphatic heterocycles. The van der Waals surface area contributed by atoms with Gasteiger partial charge in [0.2, 0.25) is 0 Å². The lowest BCUT2D eigenvalue weighted by molar-refractivity contribution is 0.108. The van der Waals surface area contributed by atoms with Crippen LogP contribution in [0.3, 0.4) is 0 Å². The molecule has 100 valence electrons. The zero-order valence-electron chi connectivity index (χ0n) is 11.6. The topological polar surface area (TPSA) is 21.3 Å². The molecule has 1 aromatic carbocycles. The summed E-state index contributed by atoms with van der Waals surface area (Å²) in [5.74, 6) is 1.38. The Morgan fingerprint density at radius 1 is 1.33 bits per heavy atom. The maximum Gasteiger partial charge on any atom is 0.0489 e.